The van der Waals surface area contributed by atoms with Gasteiger partial charge in [-0.2, -0.15) is 0 Å². The number of amides is 1. The van der Waals surface area contributed by atoms with E-state index in [1.54, 1.807) is 11.8 Å². The maximum absolute atomic E-state index is 12.0. The molecule has 0 aromatic heterocycles. The smallest absolute Gasteiger partial charge is 0.223 e. The van der Waals surface area contributed by atoms with E-state index < -0.39 is 0 Å². The van der Waals surface area contributed by atoms with Gasteiger partial charge in [0.15, 0.2) is 0 Å². The number of halogens is 1. The number of likely N-dealkylation sites (N-methyl/N-ethyl adjacent to an activating group) is 1. The van der Waals surface area contributed by atoms with E-state index in [2.05, 4.69) is 11.9 Å². The highest BCUT2D eigenvalue weighted by atomic mass is 35.5. The number of thioether (sulfide) groups is 1. The van der Waals surface area contributed by atoms with Crippen molar-refractivity contribution in [3.05, 3.63) is 29.3 Å². The van der Waals surface area contributed by atoms with E-state index in [9.17, 15) is 4.79 Å². The summed E-state index contributed by atoms with van der Waals surface area (Å²) in [7, 11) is 2.09. The van der Waals surface area contributed by atoms with E-state index in [4.69, 9.17) is 11.6 Å². The molecule has 0 atom stereocenters. The van der Waals surface area contributed by atoms with Crippen LogP contribution in [0.1, 0.15) is 6.42 Å². The van der Waals surface area contributed by atoms with Gasteiger partial charge < -0.3 is 9.80 Å². The number of hydrogen-bond acceptors (Lipinski definition) is 3. The minimum Gasteiger partial charge on any atom is -0.340 e. The lowest BCUT2D eigenvalue weighted by Crippen LogP contribution is -2.47. The van der Waals surface area contributed by atoms with Crippen molar-refractivity contribution in [3.8, 4) is 0 Å². The first-order valence-corrected chi connectivity index (χ1v) is 7.87. The Morgan fingerprint density at radius 1 is 1.26 bits per heavy atom. The molecule has 1 fully saturated rings. The van der Waals surface area contributed by atoms with Crippen LogP contribution in [0.3, 0.4) is 0 Å². The van der Waals surface area contributed by atoms with Gasteiger partial charge in [0.1, 0.15) is 0 Å². The molecule has 0 aliphatic carbocycles. The van der Waals surface area contributed by atoms with Crippen molar-refractivity contribution >= 4 is 29.3 Å². The molecule has 1 aromatic carbocycles. The zero-order valence-electron chi connectivity index (χ0n) is 11.1. The van der Waals surface area contributed by atoms with Crippen molar-refractivity contribution in [2.75, 3.05) is 39.0 Å². The summed E-state index contributed by atoms with van der Waals surface area (Å²) in [5.74, 6) is 1.04. The summed E-state index contributed by atoms with van der Waals surface area (Å²) < 4.78 is 0. The third-order valence-electron chi connectivity index (χ3n) is 3.27. The Morgan fingerprint density at radius 3 is 2.63 bits per heavy atom. The van der Waals surface area contributed by atoms with Crippen molar-refractivity contribution in [2.24, 2.45) is 0 Å². The molecule has 0 saturated carbocycles. The van der Waals surface area contributed by atoms with Crippen LogP contribution in [0.25, 0.3) is 0 Å². The van der Waals surface area contributed by atoms with Crippen molar-refractivity contribution in [1.29, 1.82) is 0 Å². The Labute approximate surface area is 123 Å². The normalized spacial score (nSPS) is 16.6. The van der Waals surface area contributed by atoms with Gasteiger partial charge in [0.05, 0.1) is 5.02 Å². The molecule has 1 amide bonds. The first-order valence-electron chi connectivity index (χ1n) is 6.50. The maximum atomic E-state index is 12.0. The molecule has 0 bridgehead atoms. The predicted octanol–water partition coefficient (Wildman–Crippen LogP) is 2.60. The molecular formula is C14H19ClN2OS. The molecule has 1 aliphatic heterocycles. The highest BCUT2D eigenvalue weighted by Crippen LogP contribution is 2.27. The standard InChI is InChI=1S/C14H19ClN2OS/c1-16-7-9-17(10-8-16)14(18)6-11-19-13-5-3-2-4-12(13)15/h2-5H,6-11H2,1H3. The van der Waals surface area contributed by atoms with E-state index in [0.29, 0.717) is 6.42 Å². The average molecular weight is 299 g/mol. The van der Waals surface area contributed by atoms with Crippen LogP contribution in [0.2, 0.25) is 5.02 Å². The van der Waals surface area contributed by atoms with Crippen molar-refractivity contribution < 1.29 is 4.79 Å². The summed E-state index contributed by atoms with van der Waals surface area (Å²) in [6.07, 6.45) is 0.583. The fraction of sp³-hybridized carbons (Fsp3) is 0.500. The fourth-order valence-corrected chi connectivity index (χ4v) is 3.20. The summed E-state index contributed by atoms with van der Waals surface area (Å²) in [6.45, 7) is 3.66. The molecule has 1 heterocycles. The monoisotopic (exact) mass is 298 g/mol. The van der Waals surface area contributed by atoms with Crippen molar-refractivity contribution in [3.63, 3.8) is 0 Å². The lowest BCUT2D eigenvalue weighted by atomic mass is 10.3. The second kappa shape index (κ2) is 7.17. The third kappa shape index (κ3) is 4.41. The van der Waals surface area contributed by atoms with Crippen LogP contribution in [0, 0.1) is 0 Å². The number of carbonyl (C=O) groups excluding carboxylic acids is 1. The zero-order valence-corrected chi connectivity index (χ0v) is 12.7. The van der Waals surface area contributed by atoms with Crippen LogP contribution >= 0.6 is 23.4 Å². The lowest BCUT2D eigenvalue weighted by molar-refractivity contribution is -0.132. The van der Waals surface area contributed by atoms with Gasteiger partial charge >= 0.3 is 0 Å². The van der Waals surface area contributed by atoms with Gasteiger partial charge in [-0.05, 0) is 19.2 Å². The lowest BCUT2D eigenvalue weighted by Gasteiger charge is -2.32. The molecule has 3 nitrogen and oxygen atoms in total. The van der Waals surface area contributed by atoms with Gasteiger partial charge in [0.2, 0.25) is 5.91 Å². The Balaban J connectivity index is 1.74. The number of piperazine rings is 1. The van der Waals surface area contributed by atoms with Crippen LogP contribution in [-0.2, 0) is 4.79 Å². The topological polar surface area (TPSA) is 23.6 Å². The quantitative estimate of drug-likeness (QED) is 0.798. The van der Waals surface area contributed by atoms with Crippen molar-refractivity contribution in [1.82, 2.24) is 9.80 Å². The van der Waals surface area contributed by atoms with E-state index in [-0.39, 0.29) is 5.91 Å². The maximum Gasteiger partial charge on any atom is 0.223 e. The summed E-state index contributed by atoms with van der Waals surface area (Å²) in [6, 6.07) is 7.76. The van der Waals surface area contributed by atoms with Gasteiger partial charge in [-0.3, -0.25) is 4.79 Å². The molecule has 5 heteroatoms. The Bertz CT molecular complexity index is 433. The summed E-state index contributed by atoms with van der Waals surface area (Å²) in [5, 5.41) is 0.763. The second-order valence-corrected chi connectivity index (χ2v) is 6.26. The molecule has 0 radical (unpaired) electrons. The van der Waals surface area contributed by atoms with Gasteiger partial charge in [0.25, 0.3) is 0 Å². The molecule has 1 saturated heterocycles. The molecule has 0 unspecified atom stereocenters. The minimum atomic E-state index is 0.257. The van der Waals surface area contributed by atoms with Crippen LogP contribution in [0.15, 0.2) is 29.2 Å². The number of hydrogen-bond donors (Lipinski definition) is 0. The molecule has 1 aliphatic rings. The van der Waals surface area contributed by atoms with E-state index in [1.165, 1.54) is 0 Å². The highest BCUT2D eigenvalue weighted by molar-refractivity contribution is 7.99. The van der Waals surface area contributed by atoms with E-state index >= 15 is 0 Å². The Hall–Kier alpha value is -0.710. The molecule has 19 heavy (non-hydrogen) atoms. The molecule has 0 spiro atoms. The fourth-order valence-electron chi connectivity index (χ4n) is 2.02. The summed E-state index contributed by atoms with van der Waals surface area (Å²) >= 11 is 7.73. The number of benzene rings is 1. The largest absolute Gasteiger partial charge is 0.340 e. The Kier molecular flexibility index (Phi) is 5.55. The van der Waals surface area contributed by atoms with Crippen molar-refractivity contribution in [2.45, 2.75) is 11.3 Å². The number of rotatable bonds is 4. The highest BCUT2D eigenvalue weighted by Gasteiger charge is 2.18. The summed E-state index contributed by atoms with van der Waals surface area (Å²) in [5.41, 5.74) is 0. The average Bonchev–Trinajstić information content (AvgIpc) is 2.41. The number of carbonyl (C=O) groups is 1. The van der Waals surface area contributed by atoms with E-state index in [1.807, 2.05) is 29.2 Å². The van der Waals surface area contributed by atoms with Gasteiger partial charge in [-0.1, -0.05) is 23.7 Å². The number of nitrogens with zero attached hydrogens (tertiary/aromatic N) is 2. The molecule has 1 aromatic rings. The molecular weight excluding hydrogens is 280 g/mol. The molecule has 0 N–H and O–H groups in total. The minimum absolute atomic E-state index is 0.257. The van der Waals surface area contributed by atoms with Gasteiger partial charge in [0, 0.05) is 43.2 Å². The molecule has 104 valence electrons. The summed E-state index contributed by atoms with van der Waals surface area (Å²) in [4.78, 5) is 17.3. The van der Waals surface area contributed by atoms with Gasteiger partial charge in [-0.15, -0.1) is 11.8 Å². The predicted molar refractivity (Wildman–Crippen MR) is 80.9 cm³/mol. The van der Waals surface area contributed by atoms with Crippen LogP contribution < -0.4 is 0 Å². The SMILES string of the molecule is CN1CCN(C(=O)CCSc2ccccc2Cl)CC1. The van der Waals surface area contributed by atoms with Crippen LogP contribution in [0.4, 0.5) is 0 Å². The molecule has 2 rings (SSSR count). The third-order valence-corrected chi connectivity index (χ3v) is 4.78. The van der Waals surface area contributed by atoms with E-state index in [0.717, 1.165) is 41.8 Å². The first-order chi connectivity index (χ1) is 9.16. The van der Waals surface area contributed by atoms with Crippen LogP contribution in [0.5, 0.6) is 0 Å². The zero-order chi connectivity index (χ0) is 13.7. The first kappa shape index (κ1) is 14.7. The van der Waals surface area contributed by atoms with Gasteiger partial charge in [-0.25, -0.2) is 0 Å². The van der Waals surface area contributed by atoms with Crippen LogP contribution in [-0.4, -0.2) is 54.7 Å². The Morgan fingerprint density at radius 2 is 1.95 bits per heavy atom. The second-order valence-electron chi connectivity index (χ2n) is 4.71.